The molecule has 84 valence electrons. The van der Waals surface area contributed by atoms with Crippen molar-refractivity contribution >= 4 is 5.91 Å². The van der Waals surface area contributed by atoms with Crippen LogP contribution in [0.3, 0.4) is 0 Å². The van der Waals surface area contributed by atoms with E-state index in [-0.39, 0.29) is 5.69 Å². The predicted molar refractivity (Wildman–Crippen MR) is 52.8 cm³/mol. The summed E-state index contributed by atoms with van der Waals surface area (Å²) in [4.78, 5) is 11.0. The summed E-state index contributed by atoms with van der Waals surface area (Å²) < 4.78 is 6.81. The molecule has 0 fully saturated rings. The van der Waals surface area contributed by atoms with Crippen LogP contribution in [0, 0.1) is 0 Å². The molecule has 0 radical (unpaired) electrons. The second-order valence-corrected chi connectivity index (χ2v) is 2.95. The van der Waals surface area contributed by atoms with Gasteiger partial charge >= 0.3 is 0 Å². The van der Waals surface area contributed by atoms with E-state index in [1.54, 1.807) is 4.68 Å². The highest BCUT2D eigenvalue weighted by Gasteiger charge is 2.08. The van der Waals surface area contributed by atoms with Crippen LogP contribution in [0.15, 0.2) is 6.20 Å². The maximum atomic E-state index is 11.0. The number of nitrogen functional groups attached to an aromatic ring is 1. The number of nitrogens with one attached hydrogen (secondary N) is 1. The minimum absolute atomic E-state index is 0.202. The van der Waals surface area contributed by atoms with E-state index in [0.29, 0.717) is 13.2 Å². The number of hydrazine groups is 1. The fraction of sp³-hybridized carbons (Fsp3) is 0.625. The van der Waals surface area contributed by atoms with Crippen LogP contribution in [-0.4, -0.2) is 34.1 Å². The molecule has 0 unspecified atom stereocenters. The van der Waals surface area contributed by atoms with Gasteiger partial charge in [0.05, 0.1) is 19.3 Å². The van der Waals surface area contributed by atoms with Crippen molar-refractivity contribution in [1.82, 2.24) is 20.4 Å². The average Bonchev–Trinajstić information content (AvgIpc) is 2.72. The Morgan fingerprint density at radius 3 is 3.13 bits per heavy atom. The highest BCUT2D eigenvalue weighted by Crippen LogP contribution is 1.92. The molecule has 0 aromatic carbocycles. The Labute approximate surface area is 87.6 Å². The number of ether oxygens (including phenoxy) is 1. The lowest BCUT2D eigenvalue weighted by atomic mass is 10.4. The summed E-state index contributed by atoms with van der Waals surface area (Å²) in [6.07, 6.45) is 2.51. The van der Waals surface area contributed by atoms with E-state index in [2.05, 4.69) is 10.3 Å². The average molecular weight is 213 g/mol. The molecule has 0 saturated carbocycles. The molecule has 0 aliphatic rings. The summed E-state index contributed by atoms with van der Waals surface area (Å²) in [5.41, 5.74) is 2.19. The second kappa shape index (κ2) is 6.10. The van der Waals surface area contributed by atoms with E-state index in [1.807, 2.05) is 12.3 Å². The molecule has 0 spiro atoms. The lowest BCUT2D eigenvalue weighted by Crippen LogP contribution is -2.30. The maximum absolute atomic E-state index is 11.0. The Balaban J connectivity index is 2.36. The Morgan fingerprint density at radius 2 is 2.47 bits per heavy atom. The first-order valence-electron chi connectivity index (χ1n) is 4.76. The Hall–Kier alpha value is -1.47. The highest BCUT2D eigenvalue weighted by molar-refractivity contribution is 5.91. The zero-order valence-corrected chi connectivity index (χ0v) is 8.64. The number of hydrogen-bond donors (Lipinski definition) is 2. The molecule has 1 amide bonds. The van der Waals surface area contributed by atoms with Gasteiger partial charge in [-0.05, 0) is 6.42 Å². The SMILES string of the molecule is CCCOCCn1cc(C(=O)NN)nn1. The van der Waals surface area contributed by atoms with Crippen LogP contribution in [0.2, 0.25) is 0 Å². The summed E-state index contributed by atoms with van der Waals surface area (Å²) in [7, 11) is 0. The Bertz CT molecular complexity index is 312. The van der Waals surface area contributed by atoms with Gasteiger partial charge in [-0.25, -0.2) is 10.5 Å². The molecule has 1 aromatic heterocycles. The number of rotatable bonds is 6. The number of nitrogens with two attached hydrogens (primary N) is 1. The molecule has 0 saturated heterocycles. The van der Waals surface area contributed by atoms with Gasteiger partial charge in [0.25, 0.3) is 5.91 Å². The van der Waals surface area contributed by atoms with E-state index in [4.69, 9.17) is 10.6 Å². The normalized spacial score (nSPS) is 10.3. The third kappa shape index (κ3) is 3.64. The van der Waals surface area contributed by atoms with Crippen LogP contribution in [0.25, 0.3) is 0 Å². The number of carbonyl (C=O) groups excluding carboxylic acids is 1. The largest absolute Gasteiger partial charge is 0.380 e. The molecule has 0 atom stereocenters. The summed E-state index contributed by atoms with van der Waals surface area (Å²) in [5.74, 6) is 4.50. The fourth-order valence-electron chi connectivity index (χ4n) is 0.990. The molecule has 1 rings (SSSR count). The monoisotopic (exact) mass is 213 g/mol. The van der Waals surface area contributed by atoms with Gasteiger partial charge in [0.2, 0.25) is 0 Å². The first kappa shape index (κ1) is 11.6. The molecule has 3 N–H and O–H groups in total. The topological polar surface area (TPSA) is 95.1 Å². The number of amides is 1. The molecule has 7 nitrogen and oxygen atoms in total. The van der Waals surface area contributed by atoms with Gasteiger partial charge < -0.3 is 4.74 Å². The quantitative estimate of drug-likeness (QED) is 0.282. The van der Waals surface area contributed by atoms with Gasteiger partial charge in [0.1, 0.15) is 0 Å². The van der Waals surface area contributed by atoms with Gasteiger partial charge in [-0.3, -0.25) is 10.2 Å². The molecule has 0 bridgehead atoms. The van der Waals surface area contributed by atoms with Crippen LogP contribution < -0.4 is 11.3 Å². The number of aromatic nitrogens is 3. The van der Waals surface area contributed by atoms with Crippen molar-refractivity contribution < 1.29 is 9.53 Å². The van der Waals surface area contributed by atoms with Crippen LogP contribution in [-0.2, 0) is 11.3 Å². The summed E-state index contributed by atoms with van der Waals surface area (Å²) in [5, 5.41) is 7.40. The van der Waals surface area contributed by atoms with E-state index >= 15 is 0 Å². The number of hydrogen-bond acceptors (Lipinski definition) is 5. The predicted octanol–water partition coefficient (Wildman–Crippen LogP) is -0.692. The van der Waals surface area contributed by atoms with Crippen molar-refractivity contribution in [3.05, 3.63) is 11.9 Å². The molecule has 0 aliphatic heterocycles. The van der Waals surface area contributed by atoms with Crippen LogP contribution in [0.1, 0.15) is 23.8 Å². The maximum Gasteiger partial charge on any atom is 0.287 e. The van der Waals surface area contributed by atoms with Crippen molar-refractivity contribution in [2.24, 2.45) is 5.84 Å². The molecule has 7 heteroatoms. The smallest absolute Gasteiger partial charge is 0.287 e. The van der Waals surface area contributed by atoms with Gasteiger partial charge in [-0.15, -0.1) is 5.10 Å². The van der Waals surface area contributed by atoms with Crippen molar-refractivity contribution in [1.29, 1.82) is 0 Å². The Kier molecular flexibility index (Phi) is 4.72. The lowest BCUT2D eigenvalue weighted by molar-refractivity contribution is 0.0948. The molecule has 1 heterocycles. The van der Waals surface area contributed by atoms with Crippen LogP contribution in [0.4, 0.5) is 0 Å². The first-order chi connectivity index (χ1) is 7.27. The van der Waals surface area contributed by atoms with Crippen molar-refractivity contribution in [2.45, 2.75) is 19.9 Å². The molecule has 15 heavy (non-hydrogen) atoms. The van der Waals surface area contributed by atoms with E-state index in [1.165, 1.54) is 6.20 Å². The molecule has 0 aliphatic carbocycles. The fourth-order valence-corrected chi connectivity index (χ4v) is 0.990. The van der Waals surface area contributed by atoms with Gasteiger partial charge in [0.15, 0.2) is 5.69 Å². The molecular formula is C8H15N5O2. The summed E-state index contributed by atoms with van der Waals surface area (Å²) in [6.45, 7) is 3.90. The minimum Gasteiger partial charge on any atom is -0.380 e. The van der Waals surface area contributed by atoms with E-state index in [0.717, 1.165) is 13.0 Å². The van der Waals surface area contributed by atoms with Gasteiger partial charge in [-0.2, -0.15) is 0 Å². The summed E-state index contributed by atoms with van der Waals surface area (Å²) in [6, 6.07) is 0. The number of carbonyl (C=O) groups is 1. The Morgan fingerprint density at radius 1 is 1.67 bits per heavy atom. The van der Waals surface area contributed by atoms with Crippen molar-refractivity contribution in [3.8, 4) is 0 Å². The molecular weight excluding hydrogens is 198 g/mol. The third-order valence-corrected chi connectivity index (χ3v) is 1.72. The zero-order valence-electron chi connectivity index (χ0n) is 8.64. The zero-order chi connectivity index (χ0) is 11.1. The van der Waals surface area contributed by atoms with Crippen molar-refractivity contribution in [3.63, 3.8) is 0 Å². The standard InChI is InChI=1S/C8H15N5O2/c1-2-4-15-5-3-13-6-7(11-12-13)8(14)10-9/h6H,2-5,9H2,1H3,(H,10,14). The van der Waals surface area contributed by atoms with Gasteiger partial charge in [-0.1, -0.05) is 12.1 Å². The summed E-state index contributed by atoms with van der Waals surface area (Å²) >= 11 is 0. The second-order valence-electron chi connectivity index (χ2n) is 2.95. The lowest BCUT2D eigenvalue weighted by Gasteiger charge is -2.00. The number of nitrogens with zero attached hydrogens (tertiary/aromatic N) is 3. The van der Waals surface area contributed by atoms with Gasteiger partial charge in [0, 0.05) is 6.61 Å². The van der Waals surface area contributed by atoms with E-state index in [9.17, 15) is 4.79 Å². The molecule has 1 aromatic rings. The third-order valence-electron chi connectivity index (χ3n) is 1.72. The van der Waals surface area contributed by atoms with Crippen LogP contribution in [0.5, 0.6) is 0 Å². The van der Waals surface area contributed by atoms with Crippen LogP contribution >= 0.6 is 0 Å². The van der Waals surface area contributed by atoms with Crippen molar-refractivity contribution in [2.75, 3.05) is 13.2 Å². The highest BCUT2D eigenvalue weighted by atomic mass is 16.5. The first-order valence-corrected chi connectivity index (χ1v) is 4.76. The minimum atomic E-state index is -0.448. The van der Waals surface area contributed by atoms with E-state index < -0.39 is 5.91 Å².